The Labute approximate surface area is 213 Å². The minimum Gasteiger partial charge on any atom is -0.465 e. The van der Waals surface area contributed by atoms with E-state index in [0.29, 0.717) is 5.56 Å². The molecular formula is C31H30ClNO2. The zero-order chi connectivity index (χ0) is 23.3. The van der Waals surface area contributed by atoms with Gasteiger partial charge in [-0.15, -0.1) is 12.4 Å². The number of fused-ring (bicyclic) bond motifs is 2. The second kappa shape index (κ2) is 11.4. The molecule has 2 aliphatic rings. The Morgan fingerprint density at radius 2 is 1.43 bits per heavy atom. The Morgan fingerprint density at radius 1 is 0.857 bits per heavy atom. The number of carbonyl (C=O) groups is 1. The van der Waals surface area contributed by atoms with Crippen LogP contribution in [0.5, 0.6) is 0 Å². The molecule has 1 aliphatic heterocycles. The van der Waals surface area contributed by atoms with Crippen LogP contribution >= 0.6 is 12.4 Å². The highest BCUT2D eigenvalue weighted by molar-refractivity contribution is 5.95. The van der Waals surface area contributed by atoms with Gasteiger partial charge in [-0.3, -0.25) is 4.90 Å². The summed E-state index contributed by atoms with van der Waals surface area (Å²) >= 11 is 0. The monoisotopic (exact) mass is 483 g/mol. The van der Waals surface area contributed by atoms with E-state index >= 15 is 0 Å². The lowest BCUT2D eigenvalue weighted by molar-refractivity contribution is 0.0600. The molecule has 1 heterocycles. The maximum atomic E-state index is 12.0. The van der Waals surface area contributed by atoms with Crippen LogP contribution in [-0.2, 0) is 4.74 Å². The van der Waals surface area contributed by atoms with Crippen molar-refractivity contribution in [2.24, 2.45) is 0 Å². The standard InChI is InChI=1S/C31H29NO2.ClH/c1-34-31(33)29-15-7-4-9-23(29)12-8-20-32-21-18-26(19-22-32)30-27-13-5-2-10-24(27)16-17-25-11-3-6-14-28(25)30;/h2-17H,18-22H2,1H3;1H. The number of likely N-dealkylation sites (tertiary alicyclic amines) is 1. The van der Waals surface area contributed by atoms with Crippen molar-refractivity contribution in [1.82, 2.24) is 4.90 Å². The van der Waals surface area contributed by atoms with Gasteiger partial charge in [-0.25, -0.2) is 4.79 Å². The van der Waals surface area contributed by atoms with Gasteiger partial charge in [-0.1, -0.05) is 96.6 Å². The smallest absolute Gasteiger partial charge is 0.338 e. The summed E-state index contributed by atoms with van der Waals surface area (Å²) in [5.41, 5.74) is 9.71. The molecule has 0 atom stereocenters. The van der Waals surface area contributed by atoms with Gasteiger partial charge < -0.3 is 4.74 Å². The van der Waals surface area contributed by atoms with Crippen molar-refractivity contribution < 1.29 is 9.53 Å². The average molecular weight is 484 g/mol. The Bertz CT molecular complexity index is 1240. The molecule has 0 N–H and O–H groups in total. The van der Waals surface area contributed by atoms with Crippen LogP contribution in [0.4, 0.5) is 0 Å². The van der Waals surface area contributed by atoms with Crippen molar-refractivity contribution in [3.8, 4) is 0 Å². The number of rotatable bonds is 4. The molecule has 0 unspecified atom stereocenters. The number of esters is 1. The molecule has 178 valence electrons. The van der Waals surface area contributed by atoms with Crippen LogP contribution in [0.15, 0.2) is 84.4 Å². The molecule has 0 radical (unpaired) electrons. The summed E-state index contributed by atoms with van der Waals surface area (Å²) < 4.78 is 4.91. The first-order valence-electron chi connectivity index (χ1n) is 11.9. The molecule has 0 aromatic heterocycles. The molecule has 1 aliphatic carbocycles. The SMILES string of the molecule is COC(=O)c1ccccc1C=CCN1CCC(=C2c3ccccc3C=Cc3ccccc32)CC1.Cl. The van der Waals surface area contributed by atoms with Crippen molar-refractivity contribution in [2.45, 2.75) is 12.8 Å². The van der Waals surface area contributed by atoms with E-state index in [1.54, 1.807) is 5.57 Å². The molecule has 3 aromatic carbocycles. The Hall–Kier alpha value is -3.40. The van der Waals surface area contributed by atoms with Crippen LogP contribution in [0, 0.1) is 0 Å². The van der Waals surface area contributed by atoms with E-state index in [1.165, 1.54) is 34.9 Å². The summed E-state index contributed by atoms with van der Waals surface area (Å²) in [7, 11) is 1.42. The first-order valence-corrected chi connectivity index (χ1v) is 11.9. The minimum atomic E-state index is -0.298. The van der Waals surface area contributed by atoms with E-state index in [-0.39, 0.29) is 18.4 Å². The van der Waals surface area contributed by atoms with E-state index in [0.717, 1.165) is 38.0 Å². The van der Waals surface area contributed by atoms with Crippen LogP contribution in [0.25, 0.3) is 23.8 Å². The van der Waals surface area contributed by atoms with E-state index in [4.69, 9.17) is 4.74 Å². The number of ether oxygens (including phenoxy) is 1. The zero-order valence-corrected chi connectivity index (χ0v) is 20.8. The fraction of sp³-hybridized carbons (Fsp3) is 0.194. The number of halogens is 1. The number of methoxy groups -OCH3 is 1. The molecule has 0 bridgehead atoms. The highest BCUT2D eigenvalue weighted by Gasteiger charge is 2.22. The minimum absolute atomic E-state index is 0. The number of piperidine rings is 1. The Balaban J connectivity index is 0.00000289. The third kappa shape index (κ3) is 5.32. The Morgan fingerprint density at radius 3 is 2.06 bits per heavy atom. The van der Waals surface area contributed by atoms with E-state index in [2.05, 4.69) is 71.7 Å². The van der Waals surface area contributed by atoms with Gasteiger partial charge in [-0.2, -0.15) is 0 Å². The first kappa shape index (κ1) is 24.7. The molecular weight excluding hydrogens is 454 g/mol. The first-order chi connectivity index (χ1) is 16.7. The van der Waals surface area contributed by atoms with Crippen molar-refractivity contribution in [3.05, 3.63) is 118 Å². The molecule has 0 saturated carbocycles. The van der Waals surface area contributed by atoms with Gasteiger partial charge in [0.05, 0.1) is 12.7 Å². The van der Waals surface area contributed by atoms with Gasteiger partial charge in [0.15, 0.2) is 0 Å². The maximum absolute atomic E-state index is 12.0. The fourth-order valence-corrected chi connectivity index (χ4v) is 4.97. The van der Waals surface area contributed by atoms with Gasteiger partial charge >= 0.3 is 5.97 Å². The second-order valence-corrected chi connectivity index (χ2v) is 8.77. The largest absolute Gasteiger partial charge is 0.465 e. The molecule has 0 spiro atoms. The Kier molecular flexibility index (Phi) is 8.02. The lowest BCUT2D eigenvalue weighted by atomic mass is 9.86. The highest BCUT2D eigenvalue weighted by atomic mass is 35.5. The topological polar surface area (TPSA) is 29.5 Å². The molecule has 0 amide bonds. The van der Waals surface area contributed by atoms with Crippen molar-refractivity contribution >= 4 is 42.2 Å². The second-order valence-electron chi connectivity index (χ2n) is 8.77. The summed E-state index contributed by atoms with van der Waals surface area (Å²) in [6.07, 6.45) is 10.8. The number of benzene rings is 3. The third-order valence-electron chi connectivity index (χ3n) is 6.74. The van der Waals surface area contributed by atoms with Gasteiger partial charge in [0.25, 0.3) is 0 Å². The average Bonchev–Trinajstić information content (AvgIpc) is 3.06. The zero-order valence-electron chi connectivity index (χ0n) is 19.9. The van der Waals surface area contributed by atoms with Crippen LogP contribution in [0.2, 0.25) is 0 Å². The molecule has 4 heteroatoms. The van der Waals surface area contributed by atoms with Crippen molar-refractivity contribution in [1.29, 1.82) is 0 Å². The molecule has 35 heavy (non-hydrogen) atoms. The summed E-state index contributed by atoms with van der Waals surface area (Å²) in [6, 6.07) is 25.1. The molecule has 3 nitrogen and oxygen atoms in total. The fourth-order valence-electron chi connectivity index (χ4n) is 4.97. The predicted octanol–water partition coefficient (Wildman–Crippen LogP) is 6.99. The quantitative estimate of drug-likeness (QED) is 0.293. The van der Waals surface area contributed by atoms with Crippen molar-refractivity contribution in [2.75, 3.05) is 26.7 Å². The highest BCUT2D eigenvalue weighted by Crippen LogP contribution is 2.38. The van der Waals surface area contributed by atoms with Gasteiger partial charge in [0.1, 0.15) is 0 Å². The van der Waals surface area contributed by atoms with Crippen LogP contribution in [0.1, 0.15) is 51.0 Å². The molecule has 5 rings (SSSR count). The summed E-state index contributed by atoms with van der Waals surface area (Å²) in [5.74, 6) is -0.298. The number of hydrogen-bond acceptors (Lipinski definition) is 3. The van der Waals surface area contributed by atoms with Crippen LogP contribution in [0.3, 0.4) is 0 Å². The molecule has 1 saturated heterocycles. The number of carbonyl (C=O) groups excluding carboxylic acids is 1. The molecule has 3 aromatic rings. The lowest BCUT2D eigenvalue weighted by Gasteiger charge is -2.29. The van der Waals surface area contributed by atoms with Gasteiger partial charge in [-0.05, 0) is 52.3 Å². The maximum Gasteiger partial charge on any atom is 0.338 e. The van der Waals surface area contributed by atoms with E-state index in [9.17, 15) is 4.79 Å². The van der Waals surface area contributed by atoms with E-state index < -0.39 is 0 Å². The van der Waals surface area contributed by atoms with Crippen molar-refractivity contribution in [3.63, 3.8) is 0 Å². The van der Waals surface area contributed by atoms with Crippen LogP contribution < -0.4 is 0 Å². The third-order valence-corrected chi connectivity index (χ3v) is 6.74. The predicted molar refractivity (Wildman–Crippen MR) is 148 cm³/mol. The van der Waals surface area contributed by atoms with E-state index in [1.807, 2.05) is 30.3 Å². The van der Waals surface area contributed by atoms with Gasteiger partial charge in [0, 0.05) is 19.6 Å². The summed E-state index contributed by atoms with van der Waals surface area (Å²) in [4.78, 5) is 14.5. The normalized spacial score (nSPS) is 15.2. The van der Waals surface area contributed by atoms with Gasteiger partial charge in [0.2, 0.25) is 0 Å². The number of hydrogen-bond donors (Lipinski definition) is 0. The van der Waals surface area contributed by atoms with Crippen LogP contribution in [-0.4, -0.2) is 37.6 Å². The summed E-state index contributed by atoms with van der Waals surface area (Å²) in [5, 5.41) is 0. The molecule has 1 fully saturated rings. The summed E-state index contributed by atoms with van der Waals surface area (Å²) in [6.45, 7) is 2.92. The lowest BCUT2D eigenvalue weighted by Crippen LogP contribution is -2.31. The number of nitrogens with zero attached hydrogens (tertiary/aromatic N) is 1.